The number of nitrogens with zero attached hydrogens (tertiary/aromatic N) is 1. The van der Waals surface area contributed by atoms with Crippen molar-refractivity contribution in [1.82, 2.24) is 5.32 Å². The summed E-state index contributed by atoms with van der Waals surface area (Å²) < 4.78 is 0. The first-order valence-corrected chi connectivity index (χ1v) is 8.75. The smallest absolute Gasteiger partial charge is 0.319 e. The minimum Gasteiger partial charge on any atom is -0.334 e. The highest BCUT2D eigenvalue weighted by Gasteiger charge is 2.29. The largest absolute Gasteiger partial charge is 0.334 e. The van der Waals surface area contributed by atoms with Gasteiger partial charge in [0.1, 0.15) is 0 Å². The van der Waals surface area contributed by atoms with Crippen LogP contribution in [0.4, 0.5) is 16.2 Å². The molecule has 2 aliphatic rings. The van der Waals surface area contributed by atoms with Crippen LogP contribution in [-0.4, -0.2) is 18.5 Å². The summed E-state index contributed by atoms with van der Waals surface area (Å²) in [5, 5.41) is 5.81. The number of nitrogens with one attached hydrogen (secondary N) is 2. The molecule has 128 valence electrons. The Morgan fingerprint density at radius 1 is 1.04 bits per heavy atom. The number of urea groups is 1. The molecule has 0 saturated heterocycles. The highest BCUT2D eigenvalue weighted by Crippen LogP contribution is 2.37. The average Bonchev–Trinajstić information content (AvgIpc) is 2.64. The van der Waals surface area contributed by atoms with E-state index in [0.29, 0.717) is 13.0 Å². The molecular formula is C20H21N3O2. The van der Waals surface area contributed by atoms with Gasteiger partial charge < -0.3 is 15.5 Å². The Morgan fingerprint density at radius 2 is 1.80 bits per heavy atom. The van der Waals surface area contributed by atoms with Crippen molar-refractivity contribution in [3.63, 3.8) is 0 Å². The molecule has 0 fully saturated rings. The highest BCUT2D eigenvalue weighted by atomic mass is 16.2. The number of aryl methyl sites for hydroxylation is 2. The predicted molar refractivity (Wildman–Crippen MR) is 97.7 cm³/mol. The zero-order chi connectivity index (χ0) is 17.2. The van der Waals surface area contributed by atoms with Gasteiger partial charge in [-0.05, 0) is 48.1 Å². The summed E-state index contributed by atoms with van der Waals surface area (Å²) in [5.74, 6) is 0.217. The van der Waals surface area contributed by atoms with Crippen LogP contribution in [0.1, 0.15) is 29.5 Å². The molecule has 5 nitrogen and oxygen atoms in total. The lowest BCUT2D eigenvalue weighted by Crippen LogP contribution is -2.39. The maximum atomic E-state index is 12.2. The topological polar surface area (TPSA) is 61.4 Å². The fourth-order valence-electron chi connectivity index (χ4n) is 3.68. The van der Waals surface area contributed by atoms with E-state index in [2.05, 4.69) is 10.6 Å². The summed E-state index contributed by atoms with van der Waals surface area (Å²) in [6.45, 7) is 1.30. The molecule has 4 rings (SSSR count). The second-order valence-electron chi connectivity index (χ2n) is 6.59. The van der Waals surface area contributed by atoms with Crippen molar-refractivity contribution in [2.75, 3.05) is 16.8 Å². The van der Waals surface area contributed by atoms with Gasteiger partial charge >= 0.3 is 6.03 Å². The van der Waals surface area contributed by atoms with Crippen LogP contribution >= 0.6 is 0 Å². The summed E-state index contributed by atoms with van der Waals surface area (Å²) in [5.41, 5.74) is 5.27. The molecule has 2 aliphatic heterocycles. The van der Waals surface area contributed by atoms with Crippen LogP contribution in [0.25, 0.3) is 0 Å². The summed E-state index contributed by atoms with van der Waals surface area (Å²) >= 11 is 0. The lowest BCUT2D eigenvalue weighted by Gasteiger charge is -2.35. The van der Waals surface area contributed by atoms with Crippen molar-refractivity contribution >= 4 is 23.3 Å². The van der Waals surface area contributed by atoms with Crippen molar-refractivity contribution in [2.45, 2.75) is 32.2 Å². The second-order valence-corrected chi connectivity index (χ2v) is 6.59. The first-order chi connectivity index (χ1) is 12.2. The Bertz CT molecular complexity index is 800. The Hall–Kier alpha value is -2.82. The van der Waals surface area contributed by atoms with Crippen molar-refractivity contribution in [2.24, 2.45) is 0 Å². The van der Waals surface area contributed by atoms with Crippen LogP contribution < -0.4 is 15.5 Å². The van der Waals surface area contributed by atoms with E-state index in [1.807, 2.05) is 47.4 Å². The standard InChI is InChI=1S/C20H21N3O2/c24-18-9-8-16-12-17(11-15-7-4-10-23(18)19(15)16)22-20(25)21-13-14-5-2-1-3-6-14/h1-3,5-6,11-12H,4,7-10,13H2,(H2,21,22,25). The second kappa shape index (κ2) is 6.59. The fourth-order valence-corrected chi connectivity index (χ4v) is 3.68. The van der Waals surface area contributed by atoms with Crippen LogP contribution in [0, 0.1) is 0 Å². The molecule has 0 radical (unpaired) electrons. The first kappa shape index (κ1) is 15.7. The molecule has 0 spiro atoms. The summed E-state index contributed by atoms with van der Waals surface area (Å²) in [7, 11) is 0. The lowest BCUT2D eigenvalue weighted by molar-refractivity contribution is -0.119. The molecule has 2 N–H and O–H groups in total. The molecule has 3 amide bonds. The fraction of sp³-hybridized carbons (Fsp3) is 0.300. The van der Waals surface area contributed by atoms with Crippen LogP contribution in [-0.2, 0) is 24.2 Å². The summed E-state index contributed by atoms with van der Waals surface area (Å²) in [4.78, 5) is 26.2. The molecule has 2 aromatic rings. The Labute approximate surface area is 147 Å². The van der Waals surface area contributed by atoms with Gasteiger partial charge in [0.25, 0.3) is 0 Å². The van der Waals surface area contributed by atoms with E-state index in [9.17, 15) is 9.59 Å². The minimum atomic E-state index is -0.212. The molecule has 0 aromatic heterocycles. The van der Waals surface area contributed by atoms with Gasteiger partial charge in [-0.25, -0.2) is 4.79 Å². The first-order valence-electron chi connectivity index (χ1n) is 8.75. The number of amides is 3. The third kappa shape index (κ3) is 3.22. The zero-order valence-electron chi connectivity index (χ0n) is 14.0. The molecule has 0 bridgehead atoms. The summed E-state index contributed by atoms with van der Waals surface area (Å²) in [6.07, 6.45) is 3.23. The lowest BCUT2D eigenvalue weighted by atomic mass is 9.91. The van der Waals surface area contributed by atoms with Crippen molar-refractivity contribution in [3.8, 4) is 0 Å². The maximum Gasteiger partial charge on any atom is 0.319 e. The maximum absolute atomic E-state index is 12.2. The average molecular weight is 335 g/mol. The third-order valence-electron chi connectivity index (χ3n) is 4.83. The predicted octanol–water partition coefficient (Wildman–Crippen LogP) is 3.23. The van der Waals surface area contributed by atoms with Crippen LogP contribution in [0.3, 0.4) is 0 Å². The van der Waals surface area contributed by atoms with E-state index >= 15 is 0 Å². The Morgan fingerprint density at radius 3 is 2.60 bits per heavy atom. The molecule has 0 atom stereocenters. The quantitative estimate of drug-likeness (QED) is 0.904. The van der Waals surface area contributed by atoms with E-state index in [1.54, 1.807) is 0 Å². The number of hydrogen-bond acceptors (Lipinski definition) is 2. The van der Waals surface area contributed by atoms with Gasteiger partial charge in [0.05, 0.1) is 5.69 Å². The van der Waals surface area contributed by atoms with E-state index in [4.69, 9.17) is 0 Å². The number of carbonyl (C=O) groups is 2. The van der Waals surface area contributed by atoms with E-state index in [1.165, 1.54) is 0 Å². The van der Waals surface area contributed by atoms with Gasteiger partial charge in [0, 0.05) is 25.2 Å². The van der Waals surface area contributed by atoms with Gasteiger partial charge in [-0.15, -0.1) is 0 Å². The van der Waals surface area contributed by atoms with Crippen molar-refractivity contribution in [3.05, 3.63) is 59.2 Å². The molecule has 0 aliphatic carbocycles. The van der Waals surface area contributed by atoms with Gasteiger partial charge in [0.15, 0.2) is 0 Å². The van der Waals surface area contributed by atoms with Gasteiger partial charge in [0.2, 0.25) is 5.91 Å². The number of anilines is 2. The Balaban J connectivity index is 1.48. The summed E-state index contributed by atoms with van der Waals surface area (Å²) in [6, 6.07) is 13.6. The number of hydrogen-bond donors (Lipinski definition) is 2. The van der Waals surface area contributed by atoms with E-state index in [-0.39, 0.29) is 11.9 Å². The molecule has 0 unspecified atom stereocenters. The monoisotopic (exact) mass is 335 g/mol. The normalized spacial score (nSPS) is 15.5. The van der Waals surface area contributed by atoms with E-state index < -0.39 is 0 Å². The molecule has 2 heterocycles. The van der Waals surface area contributed by atoms with Gasteiger partial charge in [-0.3, -0.25) is 4.79 Å². The minimum absolute atomic E-state index is 0.212. The molecule has 0 saturated carbocycles. The molecule has 2 aromatic carbocycles. The highest BCUT2D eigenvalue weighted by molar-refractivity contribution is 5.99. The third-order valence-corrected chi connectivity index (χ3v) is 4.83. The van der Waals surface area contributed by atoms with Crippen LogP contribution in [0.2, 0.25) is 0 Å². The number of benzene rings is 2. The Kier molecular flexibility index (Phi) is 4.14. The SMILES string of the molecule is O=C(NCc1ccccc1)Nc1cc2c3c(c1)CCC(=O)N3CCC2. The molecular weight excluding hydrogens is 314 g/mol. The van der Waals surface area contributed by atoms with Crippen LogP contribution in [0.15, 0.2) is 42.5 Å². The molecule has 25 heavy (non-hydrogen) atoms. The van der Waals surface area contributed by atoms with Crippen LogP contribution in [0.5, 0.6) is 0 Å². The van der Waals surface area contributed by atoms with Gasteiger partial charge in [-0.2, -0.15) is 0 Å². The van der Waals surface area contributed by atoms with E-state index in [0.717, 1.165) is 53.9 Å². The number of carbonyl (C=O) groups excluding carboxylic acids is 2. The van der Waals surface area contributed by atoms with Crippen molar-refractivity contribution < 1.29 is 9.59 Å². The van der Waals surface area contributed by atoms with Gasteiger partial charge in [-0.1, -0.05) is 30.3 Å². The molecule has 5 heteroatoms. The van der Waals surface area contributed by atoms with Crippen molar-refractivity contribution in [1.29, 1.82) is 0 Å². The number of rotatable bonds is 3. The zero-order valence-corrected chi connectivity index (χ0v) is 14.0.